The number of phenolic OH excluding ortho intramolecular Hbond substituents is 1. The molecule has 2 aliphatic rings. The lowest BCUT2D eigenvalue weighted by atomic mass is 9.95. The van der Waals surface area contributed by atoms with E-state index in [0.29, 0.717) is 41.5 Å². The van der Waals surface area contributed by atoms with Crippen molar-refractivity contribution in [3.63, 3.8) is 0 Å². The van der Waals surface area contributed by atoms with Crippen LogP contribution < -0.4 is 23.8 Å². The standard InChI is InChI=1S/C29H24N2O8S/c1-3-37-21-12-15(4-8-19(21)32)25-24(26(33)16-5-9-20-22(13-16)39-11-10-38-20)27(34)28(35)31(25)29-30-18-7-6-17(36-2)14-23(18)40-29/h4-9,12-14,25,32-33H,3,10-11H2,1-2H3/t25-/m0/s1. The molecule has 4 aromatic rings. The number of anilines is 1. The molecule has 11 heteroatoms. The maximum absolute atomic E-state index is 13.6. The zero-order chi connectivity index (χ0) is 28.0. The van der Waals surface area contributed by atoms with Crippen LogP contribution in [0.1, 0.15) is 24.1 Å². The number of aromatic nitrogens is 1. The Hall–Kier alpha value is -4.77. The topological polar surface area (TPSA) is 128 Å². The summed E-state index contributed by atoms with van der Waals surface area (Å²) in [6, 6.07) is 13.6. The van der Waals surface area contributed by atoms with E-state index in [1.165, 1.54) is 22.3 Å². The molecular formula is C29H24N2O8S. The molecule has 2 aliphatic heterocycles. The highest BCUT2D eigenvalue weighted by molar-refractivity contribution is 7.22. The van der Waals surface area contributed by atoms with Crippen molar-refractivity contribution in [2.75, 3.05) is 31.8 Å². The molecule has 0 aliphatic carbocycles. The monoisotopic (exact) mass is 560 g/mol. The van der Waals surface area contributed by atoms with Crippen LogP contribution in [0.3, 0.4) is 0 Å². The van der Waals surface area contributed by atoms with E-state index in [9.17, 15) is 19.8 Å². The second kappa shape index (κ2) is 10.1. The summed E-state index contributed by atoms with van der Waals surface area (Å²) in [5.74, 6) is -0.452. The average molecular weight is 561 g/mol. The molecule has 0 saturated carbocycles. The smallest absolute Gasteiger partial charge is 0.301 e. The van der Waals surface area contributed by atoms with Crippen molar-refractivity contribution in [2.24, 2.45) is 0 Å². The number of hydrogen-bond donors (Lipinski definition) is 2. The molecule has 1 aromatic heterocycles. The summed E-state index contributed by atoms with van der Waals surface area (Å²) < 4.78 is 22.9. The third-order valence-electron chi connectivity index (χ3n) is 6.65. The van der Waals surface area contributed by atoms with Gasteiger partial charge in [-0.3, -0.25) is 14.5 Å². The van der Waals surface area contributed by atoms with E-state index in [1.807, 2.05) is 0 Å². The number of methoxy groups -OCH3 is 1. The van der Waals surface area contributed by atoms with Gasteiger partial charge >= 0.3 is 5.91 Å². The first-order chi connectivity index (χ1) is 19.4. The zero-order valence-corrected chi connectivity index (χ0v) is 22.4. The summed E-state index contributed by atoms with van der Waals surface area (Å²) in [6.07, 6.45) is 0. The van der Waals surface area contributed by atoms with Crippen molar-refractivity contribution in [3.8, 4) is 28.7 Å². The van der Waals surface area contributed by atoms with E-state index in [2.05, 4.69) is 4.98 Å². The van der Waals surface area contributed by atoms with Crippen molar-refractivity contribution >= 4 is 44.1 Å². The summed E-state index contributed by atoms with van der Waals surface area (Å²) in [7, 11) is 1.56. The van der Waals surface area contributed by atoms with Gasteiger partial charge in [0.15, 0.2) is 28.1 Å². The van der Waals surface area contributed by atoms with Gasteiger partial charge in [0, 0.05) is 5.56 Å². The molecule has 40 heavy (non-hydrogen) atoms. The number of hydrogen-bond acceptors (Lipinski definition) is 10. The molecule has 0 bridgehead atoms. The van der Waals surface area contributed by atoms with Crippen LogP contribution in [0.4, 0.5) is 5.13 Å². The highest BCUT2D eigenvalue weighted by Gasteiger charge is 2.48. The summed E-state index contributed by atoms with van der Waals surface area (Å²) in [5.41, 5.74) is 1.21. The van der Waals surface area contributed by atoms with E-state index in [-0.39, 0.29) is 40.1 Å². The van der Waals surface area contributed by atoms with Gasteiger partial charge < -0.3 is 29.2 Å². The van der Waals surface area contributed by atoms with Crippen molar-refractivity contribution in [3.05, 3.63) is 71.3 Å². The minimum absolute atomic E-state index is 0.0959. The third kappa shape index (κ3) is 4.24. The minimum Gasteiger partial charge on any atom is -0.507 e. The first-order valence-electron chi connectivity index (χ1n) is 12.5. The van der Waals surface area contributed by atoms with E-state index < -0.39 is 17.7 Å². The van der Waals surface area contributed by atoms with E-state index in [1.54, 1.807) is 62.6 Å². The molecule has 0 unspecified atom stereocenters. The first-order valence-corrected chi connectivity index (χ1v) is 13.3. The predicted octanol–water partition coefficient (Wildman–Crippen LogP) is 4.81. The number of rotatable bonds is 6. The van der Waals surface area contributed by atoms with E-state index in [0.717, 1.165) is 4.70 Å². The highest BCUT2D eigenvalue weighted by Crippen LogP contribution is 2.46. The number of phenols is 1. The van der Waals surface area contributed by atoms with Gasteiger partial charge in [-0.25, -0.2) is 4.98 Å². The number of ketones is 1. The molecule has 0 spiro atoms. The summed E-state index contributed by atoms with van der Waals surface area (Å²) >= 11 is 1.21. The molecular weight excluding hydrogens is 536 g/mol. The number of benzene rings is 3. The fraction of sp³-hybridized carbons (Fsp3) is 0.207. The quantitative estimate of drug-likeness (QED) is 0.194. The molecule has 2 N–H and O–H groups in total. The van der Waals surface area contributed by atoms with Gasteiger partial charge in [-0.2, -0.15) is 0 Å². The maximum atomic E-state index is 13.6. The highest BCUT2D eigenvalue weighted by atomic mass is 32.1. The Kier molecular flexibility index (Phi) is 6.43. The van der Waals surface area contributed by atoms with Gasteiger partial charge in [0.1, 0.15) is 24.7 Å². The number of aliphatic hydroxyl groups is 1. The van der Waals surface area contributed by atoms with Crippen LogP contribution in [0.2, 0.25) is 0 Å². The fourth-order valence-electron chi connectivity index (χ4n) is 4.79. The van der Waals surface area contributed by atoms with Crippen molar-refractivity contribution in [1.29, 1.82) is 0 Å². The Bertz CT molecular complexity index is 1690. The normalized spacial score (nSPS) is 17.9. The van der Waals surface area contributed by atoms with Gasteiger partial charge in [0.05, 0.1) is 35.5 Å². The van der Waals surface area contributed by atoms with Crippen LogP contribution in [0.15, 0.2) is 60.2 Å². The minimum atomic E-state index is -1.06. The van der Waals surface area contributed by atoms with Crippen LogP contribution in [0.5, 0.6) is 28.7 Å². The molecule has 6 rings (SSSR count). The molecule has 3 aromatic carbocycles. The molecule has 3 heterocycles. The summed E-state index contributed by atoms with van der Waals surface area (Å²) in [5, 5.41) is 22.1. The number of thiazole rings is 1. The summed E-state index contributed by atoms with van der Waals surface area (Å²) in [4.78, 5) is 33.1. The van der Waals surface area contributed by atoms with Gasteiger partial charge in [0.2, 0.25) is 0 Å². The van der Waals surface area contributed by atoms with E-state index in [4.69, 9.17) is 18.9 Å². The van der Waals surface area contributed by atoms with E-state index >= 15 is 0 Å². The summed E-state index contributed by atoms with van der Waals surface area (Å²) in [6.45, 7) is 2.81. The maximum Gasteiger partial charge on any atom is 0.301 e. The Balaban J connectivity index is 1.54. The number of amides is 1. The Morgan fingerprint density at radius 2 is 1.88 bits per heavy atom. The van der Waals surface area contributed by atoms with Crippen LogP contribution in [0.25, 0.3) is 16.0 Å². The van der Waals surface area contributed by atoms with Crippen molar-refractivity contribution in [2.45, 2.75) is 13.0 Å². The molecule has 10 nitrogen and oxygen atoms in total. The van der Waals surface area contributed by atoms with Gasteiger partial charge in [0.25, 0.3) is 5.78 Å². The number of ether oxygens (including phenoxy) is 4. The Morgan fingerprint density at radius 3 is 2.65 bits per heavy atom. The molecule has 0 radical (unpaired) electrons. The number of Topliss-reactive ketones (excluding diaryl/α,β-unsaturated/α-hetero) is 1. The van der Waals surface area contributed by atoms with Crippen LogP contribution in [-0.2, 0) is 9.59 Å². The molecule has 1 atom stereocenters. The third-order valence-corrected chi connectivity index (χ3v) is 7.67. The number of carbonyl (C=O) groups is 2. The number of aromatic hydroxyl groups is 1. The predicted molar refractivity (Wildman–Crippen MR) is 148 cm³/mol. The number of fused-ring (bicyclic) bond motifs is 2. The number of carbonyl (C=O) groups excluding carboxylic acids is 2. The van der Waals surface area contributed by atoms with Crippen LogP contribution in [-0.4, -0.2) is 53.8 Å². The molecule has 1 amide bonds. The van der Waals surface area contributed by atoms with Gasteiger partial charge in [-0.1, -0.05) is 17.4 Å². The molecule has 1 saturated heterocycles. The van der Waals surface area contributed by atoms with Crippen LogP contribution >= 0.6 is 11.3 Å². The largest absolute Gasteiger partial charge is 0.507 e. The van der Waals surface area contributed by atoms with Gasteiger partial charge in [-0.05, 0) is 61.0 Å². The number of aliphatic hydroxyl groups excluding tert-OH is 1. The second-order valence-electron chi connectivity index (χ2n) is 9.02. The van der Waals surface area contributed by atoms with Crippen molar-refractivity contribution in [1.82, 2.24) is 4.98 Å². The number of nitrogens with zero attached hydrogens (tertiary/aromatic N) is 2. The lowest BCUT2D eigenvalue weighted by molar-refractivity contribution is -0.132. The average Bonchev–Trinajstić information content (AvgIpc) is 3.51. The van der Waals surface area contributed by atoms with Crippen LogP contribution in [0, 0.1) is 0 Å². The Labute approximate surface area is 232 Å². The molecule has 1 fully saturated rings. The second-order valence-corrected chi connectivity index (χ2v) is 10.0. The zero-order valence-electron chi connectivity index (χ0n) is 21.5. The van der Waals surface area contributed by atoms with Gasteiger partial charge in [-0.15, -0.1) is 0 Å². The Morgan fingerprint density at radius 1 is 1.07 bits per heavy atom. The lowest BCUT2D eigenvalue weighted by Gasteiger charge is -2.24. The lowest BCUT2D eigenvalue weighted by Crippen LogP contribution is -2.29. The molecule has 204 valence electrons. The SMILES string of the molecule is CCOc1cc([C@H]2C(=C(O)c3ccc4c(c3)OCCO4)C(=O)C(=O)N2c2nc3ccc(OC)cc3s2)ccc1O. The van der Waals surface area contributed by atoms with Crippen molar-refractivity contribution < 1.29 is 38.7 Å². The first kappa shape index (κ1) is 25.5. The fourth-order valence-corrected chi connectivity index (χ4v) is 5.81.